The summed E-state index contributed by atoms with van der Waals surface area (Å²) >= 11 is 0. The van der Waals surface area contributed by atoms with Crippen LogP contribution in [0.1, 0.15) is 44.1 Å². The molecule has 4 heteroatoms. The van der Waals surface area contributed by atoms with E-state index in [0.29, 0.717) is 18.4 Å². The average Bonchev–Trinajstić information content (AvgIpc) is 3.30. The smallest absolute Gasteiger partial charge is 0.225 e. The molecule has 0 spiro atoms. The largest absolute Gasteiger partial charge is 0.352 e. The minimum atomic E-state index is 0.0489. The summed E-state index contributed by atoms with van der Waals surface area (Å²) in [7, 11) is 0. The van der Waals surface area contributed by atoms with Crippen LogP contribution in [-0.2, 0) is 16.1 Å². The number of piperidine rings is 1. The number of hydrogen-bond acceptors (Lipinski definition) is 2. The van der Waals surface area contributed by atoms with E-state index < -0.39 is 0 Å². The normalized spacial score (nSPS) is 29.0. The molecule has 0 radical (unpaired) electrons. The number of benzene rings is 1. The van der Waals surface area contributed by atoms with Crippen LogP contribution in [0.2, 0.25) is 0 Å². The van der Waals surface area contributed by atoms with Crippen molar-refractivity contribution in [1.29, 1.82) is 0 Å². The Balaban J connectivity index is 1.24. The van der Waals surface area contributed by atoms with Gasteiger partial charge in [0.25, 0.3) is 0 Å². The summed E-state index contributed by atoms with van der Waals surface area (Å²) in [5.74, 6) is 2.28. The van der Waals surface area contributed by atoms with Gasteiger partial charge in [0.15, 0.2) is 0 Å². The Morgan fingerprint density at radius 1 is 1.00 bits per heavy atom. The molecule has 4 rings (SSSR count). The molecule has 2 saturated carbocycles. The van der Waals surface area contributed by atoms with Gasteiger partial charge < -0.3 is 10.2 Å². The van der Waals surface area contributed by atoms with Crippen LogP contribution >= 0.6 is 0 Å². The summed E-state index contributed by atoms with van der Waals surface area (Å²) in [6.45, 7) is 2.08. The Morgan fingerprint density at radius 3 is 2.40 bits per heavy atom. The van der Waals surface area contributed by atoms with E-state index >= 15 is 0 Å². The SMILES string of the molecule is O=C(NCc1ccccc1)C1CCN(C(=O)C2CC3CCC2C3)CC1. The highest BCUT2D eigenvalue weighted by atomic mass is 16.2. The van der Waals surface area contributed by atoms with E-state index in [2.05, 4.69) is 5.32 Å². The molecule has 3 fully saturated rings. The monoisotopic (exact) mass is 340 g/mol. The van der Waals surface area contributed by atoms with Gasteiger partial charge in [0.1, 0.15) is 0 Å². The van der Waals surface area contributed by atoms with Gasteiger partial charge in [0.2, 0.25) is 11.8 Å². The van der Waals surface area contributed by atoms with E-state index in [-0.39, 0.29) is 17.7 Å². The maximum Gasteiger partial charge on any atom is 0.225 e. The molecule has 2 bridgehead atoms. The van der Waals surface area contributed by atoms with Gasteiger partial charge in [-0.05, 0) is 49.5 Å². The van der Waals surface area contributed by atoms with E-state index in [1.807, 2.05) is 35.2 Å². The number of carbonyl (C=O) groups is 2. The quantitative estimate of drug-likeness (QED) is 0.916. The second-order valence-electron chi connectivity index (χ2n) is 8.08. The average molecular weight is 340 g/mol. The van der Waals surface area contributed by atoms with Gasteiger partial charge in [-0.2, -0.15) is 0 Å². The van der Waals surface area contributed by atoms with Crippen molar-refractivity contribution < 1.29 is 9.59 Å². The summed E-state index contributed by atoms with van der Waals surface area (Å²) in [6, 6.07) is 10.0. The first-order valence-corrected chi connectivity index (χ1v) is 9.81. The topological polar surface area (TPSA) is 49.4 Å². The number of hydrogen-bond donors (Lipinski definition) is 1. The van der Waals surface area contributed by atoms with Gasteiger partial charge in [0.05, 0.1) is 0 Å². The molecule has 1 aliphatic heterocycles. The Kier molecular flexibility index (Phi) is 4.78. The minimum Gasteiger partial charge on any atom is -0.352 e. The zero-order valence-corrected chi connectivity index (χ0v) is 14.8. The molecule has 2 aliphatic carbocycles. The first-order valence-electron chi connectivity index (χ1n) is 9.81. The molecule has 3 aliphatic rings. The lowest BCUT2D eigenvalue weighted by atomic mass is 9.86. The van der Waals surface area contributed by atoms with Crippen molar-refractivity contribution in [1.82, 2.24) is 10.2 Å². The van der Waals surface area contributed by atoms with Gasteiger partial charge in [-0.1, -0.05) is 36.8 Å². The van der Waals surface area contributed by atoms with Crippen molar-refractivity contribution in [3.05, 3.63) is 35.9 Å². The van der Waals surface area contributed by atoms with E-state index in [1.54, 1.807) is 0 Å². The van der Waals surface area contributed by atoms with Crippen LogP contribution in [0.3, 0.4) is 0 Å². The van der Waals surface area contributed by atoms with Crippen molar-refractivity contribution in [2.45, 2.75) is 45.1 Å². The van der Waals surface area contributed by atoms with Crippen LogP contribution in [-0.4, -0.2) is 29.8 Å². The van der Waals surface area contributed by atoms with E-state index in [9.17, 15) is 9.59 Å². The third kappa shape index (κ3) is 3.58. The second kappa shape index (κ2) is 7.19. The number of likely N-dealkylation sites (tertiary alicyclic amines) is 1. The molecule has 2 amide bonds. The number of carbonyl (C=O) groups excluding carboxylic acids is 2. The molecule has 1 aromatic rings. The third-order valence-electron chi connectivity index (χ3n) is 6.54. The number of rotatable bonds is 4. The molecule has 3 unspecified atom stereocenters. The van der Waals surface area contributed by atoms with Crippen LogP contribution in [0, 0.1) is 23.7 Å². The second-order valence-corrected chi connectivity index (χ2v) is 8.08. The van der Waals surface area contributed by atoms with E-state index in [1.165, 1.54) is 19.3 Å². The van der Waals surface area contributed by atoms with Crippen molar-refractivity contribution in [3.63, 3.8) is 0 Å². The van der Waals surface area contributed by atoms with Gasteiger partial charge in [-0.25, -0.2) is 0 Å². The summed E-state index contributed by atoms with van der Waals surface area (Å²) in [6.07, 6.45) is 6.56. The van der Waals surface area contributed by atoms with Crippen LogP contribution < -0.4 is 5.32 Å². The fourth-order valence-corrected chi connectivity index (χ4v) is 5.07. The van der Waals surface area contributed by atoms with Crippen LogP contribution in [0.15, 0.2) is 30.3 Å². The van der Waals surface area contributed by atoms with Crippen molar-refractivity contribution >= 4 is 11.8 Å². The first kappa shape index (κ1) is 16.6. The molecular formula is C21H28N2O2. The van der Waals surface area contributed by atoms with Gasteiger partial charge >= 0.3 is 0 Å². The zero-order chi connectivity index (χ0) is 17.2. The first-order chi connectivity index (χ1) is 12.2. The molecule has 1 saturated heterocycles. The highest BCUT2D eigenvalue weighted by Crippen LogP contribution is 2.49. The van der Waals surface area contributed by atoms with Crippen molar-refractivity contribution in [3.8, 4) is 0 Å². The Bertz CT molecular complexity index is 622. The summed E-state index contributed by atoms with van der Waals surface area (Å²) < 4.78 is 0. The number of amides is 2. The van der Waals surface area contributed by atoms with Gasteiger partial charge in [0, 0.05) is 31.5 Å². The number of nitrogens with one attached hydrogen (secondary N) is 1. The molecule has 1 heterocycles. The molecule has 0 aromatic heterocycles. The lowest BCUT2D eigenvalue weighted by Crippen LogP contribution is -2.45. The fraction of sp³-hybridized carbons (Fsp3) is 0.619. The van der Waals surface area contributed by atoms with Gasteiger partial charge in [-0.15, -0.1) is 0 Å². The van der Waals surface area contributed by atoms with Gasteiger partial charge in [-0.3, -0.25) is 9.59 Å². The van der Waals surface area contributed by atoms with Crippen molar-refractivity contribution in [2.75, 3.05) is 13.1 Å². The predicted octanol–water partition coefficient (Wildman–Crippen LogP) is 2.98. The highest BCUT2D eigenvalue weighted by molar-refractivity contribution is 5.81. The lowest BCUT2D eigenvalue weighted by molar-refractivity contribution is -0.140. The summed E-state index contributed by atoms with van der Waals surface area (Å²) in [5.41, 5.74) is 1.12. The Hall–Kier alpha value is -1.84. The van der Waals surface area contributed by atoms with E-state index in [4.69, 9.17) is 0 Å². The predicted molar refractivity (Wildman–Crippen MR) is 96.5 cm³/mol. The Labute approximate surface area is 150 Å². The third-order valence-corrected chi connectivity index (χ3v) is 6.54. The molecular weight excluding hydrogens is 312 g/mol. The molecule has 3 atom stereocenters. The maximum absolute atomic E-state index is 12.8. The maximum atomic E-state index is 12.8. The minimum absolute atomic E-state index is 0.0489. The Morgan fingerprint density at radius 2 is 1.76 bits per heavy atom. The molecule has 134 valence electrons. The van der Waals surface area contributed by atoms with Crippen molar-refractivity contribution in [2.24, 2.45) is 23.7 Å². The zero-order valence-electron chi connectivity index (χ0n) is 14.8. The van der Waals surface area contributed by atoms with Crippen LogP contribution in [0.5, 0.6) is 0 Å². The fourth-order valence-electron chi connectivity index (χ4n) is 5.07. The summed E-state index contributed by atoms with van der Waals surface area (Å²) in [4.78, 5) is 27.2. The van der Waals surface area contributed by atoms with Crippen LogP contribution in [0.4, 0.5) is 0 Å². The molecule has 4 nitrogen and oxygen atoms in total. The number of nitrogens with zero attached hydrogens (tertiary/aromatic N) is 1. The molecule has 25 heavy (non-hydrogen) atoms. The van der Waals surface area contributed by atoms with E-state index in [0.717, 1.165) is 43.8 Å². The highest BCUT2D eigenvalue weighted by Gasteiger charge is 2.44. The standard InChI is InChI=1S/C21H28N2O2/c24-20(22-14-15-4-2-1-3-5-15)17-8-10-23(11-9-17)21(25)19-13-16-6-7-18(19)12-16/h1-5,16-19H,6-14H2,(H,22,24). The molecule has 1 N–H and O–H groups in total. The van der Waals surface area contributed by atoms with Crippen LogP contribution in [0.25, 0.3) is 0 Å². The lowest BCUT2D eigenvalue weighted by Gasteiger charge is -2.34. The summed E-state index contributed by atoms with van der Waals surface area (Å²) in [5, 5.41) is 3.05. The number of fused-ring (bicyclic) bond motifs is 2. The molecule has 1 aromatic carbocycles.